The van der Waals surface area contributed by atoms with Crippen LogP contribution >= 0.6 is 0 Å². The average Bonchev–Trinajstić information content (AvgIpc) is 2.84. The van der Waals surface area contributed by atoms with Crippen LogP contribution in [0.25, 0.3) is 0 Å². The van der Waals surface area contributed by atoms with Crippen LogP contribution < -0.4 is 11.1 Å². The maximum absolute atomic E-state index is 12.0. The van der Waals surface area contributed by atoms with E-state index in [-0.39, 0.29) is 17.9 Å². The van der Waals surface area contributed by atoms with Gasteiger partial charge in [-0.25, -0.2) is 0 Å². The number of carbonyl (C=O) groups excluding carboxylic acids is 1. The van der Waals surface area contributed by atoms with E-state index in [9.17, 15) is 4.79 Å². The Labute approximate surface area is 113 Å². The molecular weight excluding hydrogens is 240 g/mol. The molecule has 3 N–H and O–H groups in total. The number of benzene rings is 1. The van der Waals surface area contributed by atoms with Crippen LogP contribution in [0.4, 0.5) is 0 Å². The highest BCUT2D eigenvalue weighted by Crippen LogP contribution is 2.17. The predicted molar refractivity (Wildman–Crippen MR) is 74.2 cm³/mol. The number of ether oxygens (including phenoxy) is 1. The Morgan fingerprint density at radius 3 is 2.74 bits per heavy atom. The highest BCUT2D eigenvalue weighted by atomic mass is 16.5. The van der Waals surface area contributed by atoms with E-state index in [1.54, 1.807) is 7.11 Å². The monoisotopic (exact) mass is 260 g/mol. The number of rotatable bonds is 5. The summed E-state index contributed by atoms with van der Waals surface area (Å²) in [5.74, 6) is -0.0546. The van der Waals surface area contributed by atoms with Crippen LogP contribution in [0.1, 0.15) is 17.5 Å². The van der Waals surface area contributed by atoms with Crippen LogP contribution in [0.15, 0.2) is 36.4 Å². The third kappa shape index (κ3) is 3.66. The summed E-state index contributed by atoms with van der Waals surface area (Å²) in [4.78, 5) is 12.0. The highest BCUT2D eigenvalue weighted by Gasteiger charge is 2.22. The summed E-state index contributed by atoms with van der Waals surface area (Å²) >= 11 is 0. The minimum Gasteiger partial charge on any atom is -0.380 e. The van der Waals surface area contributed by atoms with Crippen LogP contribution in [-0.4, -0.2) is 19.1 Å². The third-order valence-electron chi connectivity index (χ3n) is 3.32. The first-order valence-corrected chi connectivity index (χ1v) is 6.48. The Hall–Kier alpha value is -1.65. The van der Waals surface area contributed by atoms with E-state index < -0.39 is 0 Å². The molecule has 0 saturated carbocycles. The van der Waals surface area contributed by atoms with Crippen LogP contribution in [0, 0.1) is 5.92 Å². The largest absolute Gasteiger partial charge is 0.380 e. The lowest BCUT2D eigenvalue weighted by atomic mass is 10.1. The fourth-order valence-corrected chi connectivity index (χ4v) is 2.26. The lowest BCUT2D eigenvalue weighted by Gasteiger charge is -2.13. The molecular formula is C15H20N2O2. The zero-order chi connectivity index (χ0) is 13.7. The molecule has 2 rings (SSSR count). The topological polar surface area (TPSA) is 64.3 Å². The van der Waals surface area contributed by atoms with E-state index in [0.29, 0.717) is 19.6 Å². The summed E-state index contributed by atoms with van der Waals surface area (Å²) in [6.45, 7) is 1.08. The number of hydrogen-bond donors (Lipinski definition) is 2. The highest BCUT2D eigenvalue weighted by molar-refractivity contribution is 5.81. The fraction of sp³-hybridized carbons (Fsp3) is 0.400. The van der Waals surface area contributed by atoms with Crippen LogP contribution in [0.3, 0.4) is 0 Å². The van der Waals surface area contributed by atoms with E-state index >= 15 is 0 Å². The molecule has 0 radical (unpaired) electrons. The Morgan fingerprint density at radius 1 is 1.37 bits per heavy atom. The van der Waals surface area contributed by atoms with Gasteiger partial charge in [-0.3, -0.25) is 4.79 Å². The molecule has 1 aromatic rings. The first kappa shape index (κ1) is 13.8. The van der Waals surface area contributed by atoms with Crippen LogP contribution in [0.2, 0.25) is 0 Å². The number of amides is 1. The van der Waals surface area contributed by atoms with Gasteiger partial charge >= 0.3 is 0 Å². The van der Waals surface area contributed by atoms with Gasteiger partial charge in [-0.05, 0) is 17.5 Å². The summed E-state index contributed by atoms with van der Waals surface area (Å²) < 4.78 is 5.15. The molecule has 0 aromatic heterocycles. The van der Waals surface area contributed by atoms with Gasteiger partial charge in [0.05, 0.1) is 12.5 Å². The van der Waals surface area contributed by atoms with Crippen molar-refractivity contribution in [3.8, 4) is 0 Å². The number of nitrogens with one attached hydrogen (secondary N) is 1. The van der Waals surface area contributed by atoms with E-state index in [1.807, 2.05) is 36.4 Å². The molecule has 0 heterocycles. The van der Waals surface area contributed by atoms with E-state index in [1.165, 1.54) is 0 Å². The van der Waals surface area contributed by atoms with E-state index in [4.69, 9.17) is 10.5 Å². The molecule has 1 aliphatic rings. The van der Waals surface area contributed by atoms with Gasteiger partial charge in [0.25, 0.3) is 0 Å². The Kier molecular flexibility index (Phi) is 4.71. The first-order valence-electron chi connectivity index (χ1n) is 6.48. The number of carbonyl (C=O) groups is 1. The standard InChI is InChI=1S/C15H20N2O2/c1-19-10-13-5-3-2-4-12(13)9-17-15(18)11-6-7-14(16)8-11/h2-7,11,14H,8-10,16H2,1H3,(H,17,18). The molecule has 0 saturated heterocycles. The van der Waals surface area contributed by atoms with Gasteiger partial charge in [0.2, 0.25) is 5.91 Å². The average molecular weight is 260 g/mol. The Bertz CT molecular complexity index is 471. The fourth-order valence-electron chi connectivity index (χ4n) is 2.26. The van der Waals surface area contributed by atoms with Gasteiger partial charge in [0.15, 0.2) is 0 Å². The number of nitrogens with two attached hydrogens (primary N) is 1. The molecule has 102 valence electrons. The maximum atomic E-state index is 12.0. The van der Waals surface area contributed by atoms with Crippen molar-refractivity contribution >= 4 is 5.91 Å². The van der Waals surface area contributed by atoms with Gasteiger partial charge in [0.1, 0.15) is 0 Å². The summed E-state index contributed by atoms with van der Waals surface area (Å²) in [5.41, 5.74) is 7.94. The van der Waals surface area contributed by atoms with Crippen molar-refractivity contribution < 1.29 is 9.53 Å². The van der Waals surface area contributed by atoms with Gasteiger partial charge in [-0.2, -0.15) is 0 Å². The molecule has 19 heavy (non-hydrogen) atoms. The third-order valence-corrected chi connectivity index (χ3v) is 3.32. The van der Waals surface area contributed by atoms with E-state index in [0.717, 1.165) is 11.1 Å². The summed E-state index contributed by atoms with van der Waals surface area (Å²) in [5, 5.41) is 2.96. The minimum atomic E-state index is -0.0930. The molecule has 2 unspecified atom stereocenters. The van der Waals surface area contributed by atoms with Crippen molar-refractivity contribution in [2.24, 2.45) is 11.7 Å². The lowest BCUT2D eigenvalue weighted by molar-refractivity contribution is -0.123. The normalized spacial score (nSPS) is 21.6. The molecule has 1 aromatic carbocycles. The van der Waals surface area contributed by atoms with Gasteiger partial charge in [-0.15, -0.1) is 0 Å². The van der Waals surface area contributed by atoms with Gasteiger partial charge in [0, 0.05) is 19.7 Å². The van der Waals surface area contributed by atoms with Crippen molar-refractivity contribution in [1.82, 2.24) is 5.32 Å². The first-order chi connectivity index (χ1) is 9.20. The zero-order valence-electron chi connectivity index (χ0n) is 11.1. The molecule has 0 spiro atoms. The quantitative estimate of drug-likeness (QED) is 0.786. The van der Waals surface area contributed by atoms with E-state index in [2.05, 4.69) is 5.32 Å². The molecule has 2 atom stereocenters. The SMILES string of the molecule is COCc1ccccc1CNC(=O)C1C=CC(N)C1. The van der Waals surface area contributed by atoms with Crippen molar-refractivity contribution in [3.05, 3.63) is 47.5 Å². The molecule has 4 heteroatoms. The molecule has 1 amide bonds. The van der Waals surface area contributed by atoms with Gasteiger partial charge < -0.3 is 15.8 Å². The minimum absolute atomic E-state index is 0.0107. The number of methoxy groups -OCH3 is 1. The van der Waals surface area contributed by atoms with Crippen molar-refractivity contribution in [1.29, 1.82) is 0 Å². The van der Waals surface area contributed by atoms with Crippen LogP contribution in [-0.2, 0) is 22.7 Å². The van der Waals surface area contributed by atoms with Crippen molar-refractivity contribution in [3.63, 3.8) is 0 Å². The second-order valence-electron chi connectivity index (χ2n) is 4.81. The van der Waals surface area contributed by atoms with Gasteiger partial charge in [-0.1, -0.05) is 36.4 Å². The molecule has 1 aliphatic carbocycles. The molecule has 0 bridgehead atoms. The summed E-state index contributed by atoms with van der Waals surface area (Å²) in [6, 6.07) is 7.96. The summed E-state index contributed by atoms with van der Waals surface area (Å²) in [7, 11) is 1.67. The van der Waals surface area contributed by atoms with Crippen LogP contribution in [0.5, 0.6) is 0 Å². The molecule has 0 aliphatic heterocycles. The Morgan fingerprint density at radius 2 is 2.11 bits per heavy atom. The molecule has 4 nitrogen and oxygen atoms in total. The number of hydrogen-bond acceptors (Lipinski definition) is 3. The summed E-state index contributed by atoms with van der Waals surface area (Å²) in [6.07, 6.45) is 4.48. The Balaban J connectivity index is 1.92. The second kappa shape index (κ2) is 6.50. The smallest absolute Gasteiger partial charge is 0.227 e. The maximum Gasteiger partial charge on any atom is 0.227 e. The van der Waals surface area contributed by atoms with Crippen molar-refractivity contribution in [2.45, 2.75) is 25.6 Å². The molecule has 0 fully saturated rings. The zero-order valence-corrected chi connectivity index (χ0v) is 11.1. The van der Waals surface area contributed by atoms with Crippen molar-refractivity contribution in [2.75, 3.05) is 7.11 Å². The predicted octanol–water partition coefficient (Wildman–Crippen LogP) is 1.35. The second-order valence-corrected chi connectivity index (χ2v) is 4.81. The lowest BCUT2D eigenvalue weighted by Crippen LogP contribution is -2.30.